The lowest BCUT2D eigenvalue weighted by Gasteiger charge is -2.08. The number of likely N-dealkylation sites (tertiary alicyclic amines) is 1. The second-order valence-electron chi connectivity index (χ2n) is 3.23. The van der Waals surface area contributed by atoms with E-state index in [0.29, 0.717) is 0 Å². The zero-order valence-electron chi connectivity index (χ0n) is 7.25. The van der Waals surface area contributed by atoms with Gasteiger partial charge in [0, 0.05) is 13.6 Å². The first kappa shape index (κ1) is 8.74. The number of hydrogen-bond donors (Lipinski definition) is 1. The molecule has 1 aromatic rings. The van der Waals surface area contributed by atoms with Crippen LogP contribution in [0, 0.1) is 0 Å². The average molecular weight is 244 g/mol. The van der Waals surface area contributed by atoms with Crippen molar-refractivity contribution >= 4 is 21.8 Å². The van der Waals surface area contributed by atoms with E-state index in [-0.39, 0.29) is 11.8 Å². The Balaban J connectivity index is 2.28. The largest absolute Gasteiger partial charge is 0.345 e. The van der Waals surface area contributed by atoms with Gasteiger partial charge in [0.05, 0.1) is 22.3 Å². The molecule has 1 saturated heterocycles. The van der Waals surface area contributed by atoms with Gasteiger partial charge in [0.1, 0.15) is 0 Å². The number of rotatable bonds is 1. The van der Waals surface area contributed by atoms with E-state index in [1.165, 1.54) is 0 Å². The fourth-order valence-corrected chi connectivity index (χ4v) is 2.08. The number of aromatic nitrogens is 2. The van der Waals surface area contributed by atoms with Gasteiger partial charge in [-0.2, -0.15) is 5.10 Å². The molecule has 1 atom stereocenters. The van der Waals surface area contributed by atoms with Gasteiger partial charge >= 0.3 is 0 Å². The molecule has 70 valence electrons. The molecule has 0 saturated carbocycles. The van der Waals surface area contributed by atoms with Crippen LogP contribution < -0.4 is 0 Å². The van der Waals surface area contributed by atoms with Gasteiger partial charge in [-0.25, -0.2) is 0 Å². The highest BCUT2D eigenvalue weighted by Crippen LogP contribution is 2.30. The van der Waals surface area contributed by atoms with E-state index in [1.54, 1.807) is 11.1 Å². The van der Waals surface area contributed by atoms with Gasteiger partial charge in [0.15, 0.2) is 0 Å². The quantitative estimate of drug-likeness (QED) is 0.804. The zero-order valence-corrected chi connectivity index (χ0v) is 8.84. The van der Waals surface area contributed by atoms with Crippen LogP contribution in [-0.2, 0) is 4.79 Å². The van der Waals surface area contributed by atoms with Crippen LogP contribution in [0.2, 0.25) is 0 Å². The normalized spacial score (nSPS) is 22.8. The van der Waals surface area contributed by atoms with Crippen molar-refractivity contribution in [1.29, 1.82) is 0 Å². The van der Waals surface area contributed by atoms with Gasteiger partial charge in [0.25, 0.3) is 0 Å². The van der Waals surface area contributed by atoms with Crippen LogP contribution in [0.15, 0.2) is 10.7 Å². The van der Waals surface area contributed by atoms with Crippen LogP contribution >= 0.6 is 15.9 Å². The van der Waals surface area contributed by atoms with E-state index in [1.807, 2.05) is 7.05 Å². The Hall–Kier alpha value is -0.840. The molecule has 1 fully saturated rings. The monoisotopic (exact) mass is 243 g/mol. The average Bonchev–Trinajstić information content (AvgIpc) is 2.62. The smallest absolute Gasteiger partial charge is 0.231 e. The van der Waals surface area contributed by atoms with Gasteiger partial charge in [-0.05, 0) is 22.4 Å². The molecule has 0 bridgehead atoms. The molecule has 1 aliphatic rings. The molecule has 5 heteroatoms. The fourth-order valence-electron chi connectivity index (χ4n) is 1.62. The summed E-state index contributed by atoms with van der Waals surface area (Å²) in [6, 6.07) is 0. The number of carbonyl (C=O) groups is 1. The zero-order chi connectivity index (χ0) is 9.42. The topological polar surface area (TPSA) is 49.0 Å². The summed E-state index contributed by atoms with van der Waals surface area (Å²) in [4.78, 5) is 13.4. The number of hydrogen-bond acceptors (Lipinski definition) is 2. The van der Waals surface area contributed by atoms with Crippen molar-refractivity contribution in [2.75, 3.05) is 13.6 Å². The Morgan fingerprint density at radius 3 is 3.00 bits per heavy atom. The van der Waals surface area contributed by atoms with E-state index in [2.05, 4.69) is 26.1 Å². The number of nitrogens with zero attached hydrogens (tertiary/aromatic N) is 2. The molecule has 4 nitrogen and oxygen atoms in total. The summed E-state index contributed by atoms with van der Waals surface area (Å²) in [5.74, 6) is 0.131. The fraction of sp³-hybridized carbons (Fsp3) is 0.500. The van der Waals surface area contributed by atoms with Crippen molar-refractivity contribution < 1.29 is 4.79 Å². The third kappa shape index (κ3) is 1.37. The summed E-state index contributed by atoms with van der Waals surface area (Å²) < 4.78 is 0.890. The number of nitrogens with one attached hydrogen (secondary N) is 1. The molecule has 0 radical (unpaired) electrons. The standard InChI is InChI=1S/C8H10BrN3O/c1-12-3-2-5(8(12)13)7-6(9)4-10-11-7/h4-5H,2-3H2,1H3,(H,10,11). The maximum absolute atomic E-state index is 11.6. The summed E-state index contributed by atoms with van der Waals surface area (Å²) >= 11 is 3.36. The van der Waals surface area contributed by atoms with Gasteiger partial charge in [-0.15, -0.1) is 0 Å². The second kappa shape index (κ2) is 3.14. The summed E-state index contributed by atoms with van der Waals surface area (Å²) in [5, 5.41) is 6.74. The third-order valence-electron chi connectivity index (χ3n) is 2.40. The molecule has 1 unspecified atom stereocenters. The van der Waals surface area contributed by atoms with E-state index in [9.17, 15) is 4.79 Å². The lowest BCUT2D eigenvalue weighted by atomic mass is 10.1. The van der Waals surface area contributed by atoms with Gasteiger partial charge in [-0.3, -0.25) is 9.89 Å². The Bertz CT molecular complexity index is 336. The molecule has 1 N–H and O–H groups in total. The SMILES string of the molecule is CN1CCC(c2[nH]ncc2Br)C1=O. The van der Waals surface area contributed by atoms with Crippen LogP contribution in [0.5, 0.6) is 0 Å². The molecule has 1 aliphatic heterocycles. The second-order valence-corrected chi connectivity index (χ2v) is 4.09. The number of aromatic amines is 1. The minimum atomic E-state index is -0.0399. The van der Waals surface area contributed by atoms with E-state index < -0.39 is 0 Å². The highest BCUT2D eigenvalue weighted by atomic mass is 79.9. The van der Waals surface area contributed by atoms with Crippen LogP contribution in [0.3, 0.4) is 0 Å². The molecular weight excluding hydrogens is 234 g/mol. The van der Waals surface area contributed by atoms with Crippen LogP contribution in [-0.4, -0.2) is 34.6 Å². The van der Waals surface area contributed by atoms with E-state index >= 15 is 0 Å². The van der Waals surface area contributed by atoms with Crippen molar-refractivity contribution in [3.63, 3.8) is 0 Å². The van der Waals surface area contributed by atoms with Crippen LogP contribution in [0.4, 0.5) is 0 Å². The van der Waals surface area contributed by atoms with Crippen molar-refractivity contribution in [2.24, 2.45) is 0 Å². The highest BCUT2D eigenvalue weighted by Gasteiger charge is 2.32. The predicted molar refractivity (Wildman–Crippen MR) is 51.3 cm³/mol. The lowest BCUT2D eigenvalue weighted by Crippen LogP contribution is -2.21. The molecule has 0 aliphatic carbocycles. The molecular formula is C8H10BrN3O. The Labute approximate surface area is 84.4 Å². The molecule has 1 amide bonds. The number of amides is 1. The summed E-state index contributed by atoms with van der Waals surface area (Å²) in [5.41, 5.74) is 0.898. The van der Waals surface area contributed by atoms with Gasteiger partial charge in [0.2, 0.25) is 5.91 Å². The minimum absolute atomic E-state index is 0.0399. The molecule has 2 heterocycles. The minimum Gasteiger partial charge on any atom is -0.345 e. The first-order chi connectivity index (χ1) is 6.20. The Kier molecular flexibility index (Phi) is 2.11. The number of carbonyl (C=O) groups excluding carboxylic acids is 1. The lowest BCUT2D eigenvalue weighted by molar-refractivity contribution is -0.127. The maximum Gasteiger partial charge on any atom is 0.231 e. The van der Waals surface area contributed by atoms with Crippen molar-refractivity contribution in [3.05, 3.63) is 16.4 Å². The molecule has 1 aromatic heterocycles. The molecule has 13 heavy (non-hydrogen) atoms. The summed E-state index contributed by atoms with van der Waals surface area (Å²) in [6.07, 6.45) is 2.55. The van der Waals surface area contributed by atoms with Crippen molar-refractivity contribution in [2.45, 2.75) is 12.3 Å². The number of likely N-dealkylation sites (N-methyl/N-ethyl adjacent to an activating group) is 1. The summed E-state index contributed by atoms with van der Waals surface area (Å²) in [7, 11) is 1.83. The van der Waals surface area contributed by atoms with E-state index in [4.69, 9.17) is 0 Å². The maximum atomic E-state index is 11.6. The Morgan fingerprint density at radius 2 is 2.54 bits per heavy atom. The van der Waals surface area contributed by atoms with Crippen LogP contribution in [0.1, 0.15) is 18.0 Å². The van der Waals surface area contributed by atoms with Crippen molar-refractivity contribution in [3.8, 4) is 0 Å². The molecule has 0 aromatic carbocycles. The molecule has 2 rings (SSSR count). The van der Waals surface area contributed by atoms with Crippen LogP contribution in [0.25, 0.3) is 0 Å². The first-order valence-electron chi connectivity index (χ1n) is 4.14. The predicted octanol–water partition coefficient (Wildman–Crippen LogP) is 1.12. The number of H-pyrrole nitrogens is 1. The van der Waals surface area contributed by atoms with Gasteiger partial charge < -0.3 is 4.90 Å². The summed E-state index contributed by atoms with van der Waals surface area (Å²) in [6.45, 7) is 0.828. The first-order valence-corrected chi connectivity index (χ1v) is 4.93. The van der Waals surface area contributed by atoms with E-state index in [0.717, 1.165) is 23.1 Å². The Morgan fingerprint density at radius 1 is 1.77 bits per heavy atom. The molecule has 0 spiro atoms. The highest BCUT2D eigenvalue weighted by molar-refractivity contribution is 9.10. The van der Waals surface area contributed by atoms with Crippen molar-refractivity contribution in [1.82, 2.24) is 15.1 Å². The van der Waals surface area contributed by atoms with Gasteiger partial charge in [-0.1, -0.05) is 0 Å². The number of halogens is 1. The third-order valence-corrected chi connectivity index (χ3v) is 3.03.